The molecule has 2 rings (SSSR count). The Kier molecular flexibility index (Phi) is 5.12. The van der Waals surface area contributed by atoms with Gasteiger partial charge in [-0.15, -0.1) is 0 Å². The second-order valence-corrected chi connectivity index (χ2v) is 4.57. The Labute approximate surface area is 113 Å². The molecular formula is C15H19NO3. The third kappa shape index (κ3) is 4.50. The van der Waals surface area contributed by atoms with Crippen LogP contribution in [0.3, 0.4) is 0 Å². The van der Waals surface area contributed by atoms with Gasteiger partial charge < -0.3 is 4.74 Å². The molecule has 0 aromatic heterocycles. The Balaban J connectivity index is 1.79. The topological polar surface area (TPSA) is 47.6 Å². The number of hydroxylamine groups is 1. The minimum Gasteiger partial charge on any atom is -0.350 e. The minimum absolute atomic E-state index is 0.280. The summed E-state index contributed by atoms with van der Waals surface area (Å²) >= 11 is 0. The Morgan fingerprint density at radius 2 is 2.26 bits per heavy atom. The van der Waals surface area contributed by atoms with E-state index >= 15 is 0 Å². The second kappa shape index (κ2) is 7.07. The SMILES string of the molecule is Cc1ccccc1/C=C/C(=O)NOC1CCCCO1. The predicted molar refractivity (Wildman–Crippen MR) is 73.0 cm³/mol. The maximum Gasteiger partial charge on any atom is 0.267 e. The van der Waals surface area contributed by atoms with E-state index < -0.39 is 0 Å². The van der Waals surface area contributed by atoms with E-state index in [2.05, 4.69) is 5.48 Å². The highest BCUT2D eigenvalue weighted by Gasteiger charge is 2.14. The number of benzene rings is 1. The van der Waals surface area contributed by atoms with Crippen molar-refractivity contribution < 1.29 is 14.4 Å². The molecule has 0 radical (unpaired) electrons. The molecule has 1 aromatic carbocycles. The van der Waals surface area contributed by atoms with E-state index in [1.807, 2.05) is 31.2 Å². The maximum absolute atomic E-state index is 11.6. The Bertz CT molecular complexity index is 450. The number of rotatable bonds is 4. The fourth-order valence-electron chi connectivity index (χ4n) is 1.90. The zero-order chi connectivity index (χ0) is 13.5. The van der Waals surface area contributed by atoms with Crippen molar-refractivity contribution in [2.45, 2.75) is 32.5 Å². The first-order valence-electron chi connectivity index (χ1n) is 6.56. The lowest BCUT2D eigenvalue weighted by atomic mass is 10.1. The van der Waals surface area contributed by atoms with Crippen molar-refractivity contribution in [2.24, 2.45) is 0 Å². The van der Waals surface area contributed by atoms with E-state index in [0.29, 0.717) is 6.61 Å². The van der Waals surface area contributed by atoms with E-state index in [1.165, 1.54) is 6.08 Å². The van der Waals surface area contributed by atoms with E-state index in [1.54, 1.807) is 6.08 Å². The van der Waals surface area contributed by atoms with Crippen LogP contribution in [0.25, 0.3) is 6.08 Å². The second-order valence-electron chi connectivity index (χ2n) is 4.57. The van der Waals surface area contributed by atoms with Gasteiger partial charge in [-0.2, -0.15) is 0 Å². The molecule has 19 heavy (non-hydrogen) atoms. The van der Waals surface area contributed by atoms with Gasteiger partial charge in [0.05, 0.1) is 0 Å². The minimum atomic E-state index is -0.315. The average Bonchev–Trinajstić information content (AvgIpc) is 2.45. The van der Waals surface area contributed by atoms with Gasteiger partial charge in [-0.25, -0.2) is 10.3 Å². The van der Waals surface area contributed by atoms with Gasteiger partial charge in [0.15, 0.2) is 6.29 Å². The lowest BCUT2D eigenvalue weighted by Crippen LogP contribution is -2.32. The quantitative estimate of drug-likeness (QED) is 0.669. The van der Waals surface area contributed by atoms with Crippen LogP contribution in [-0.2, 0) is 14.4 Å². The fraction of sp³-hybridized carbons (Fsp3) is 0.400. The molecule has 1 N–H and O–H groups in total. The van der Waals surface area contributed by atoms with Crippen LogP contribution in [0.4, 0.5) is 0 Å². The summed E-state index contributed by atoms with van der Waals surface area (Å²) in [6, 6.07) is 7.88. The molecule has 1 atom stereocenters. The highest BCUT2D eigenvalue weighted by Crippen LogP contribution is 2.12. The van der Waals surface area contributed by atoms with Crippen molar-refractivity contribution in [2.75, 3.05) is 6.61 Å². The van der Waals surface area contributed by atoms with Gasteiger partial charge >= 0.3 is 0 Å². The number of nitrogens with one attached hydrogen (secondary N) is 1. The number of hydrogen-bond donors (Lipinski definition) is 1. The molecule has 1 saturated heterocycles. The Hall–Kier alpha value is -1.65. The number of carbonyl (C=O) groups is 1. The molecule has 1 amide bonds. The van der Waals surface area contributed by atoms with Crippen LogP contribution in [0.5, 0.6) is 0 Å². The normalized spacial score (nSPS) is 19.5. The van der Waals surface area contributed by atoms with Crippen LogP contribution in [0.15, 0.2) is 30.3 Å². The Morgan fingerprint density at radius 1 is 1.42 bits per heavy atom. The molecule has 1 aliphatic rings. The molecule has 4 nitrogen and oxygen atoms in total. The van der Waals surface area contributed by atoms with Crippen molar-refractivity contribution >= 4 is 12.0 Å². The van der Waals surface area contributed by atoms with Gasteiger partial charge in [-0.05, 0) is 37.0 Å². The number of amides is 1. The molecule has 0 spiro atoms. The highest BCUT2D eigenvalue weighted by atomic mass is 16.8. The van der Waals surface area contributed by atoms with Gasteiger partial charge in [0.1, 0.15) is 0 Å². The van der Waals surface area contributed by atoms with E-state index in [9.17, 15) is 4.79 Å². The summed E-state index contributed by atoms with van der Waals surface area (Å²) in [5.41, 5.74) is 4.54. The van der Waals surface area contributed by atoms with Crippen LogP contribution in [0.2, 0.25) is 0 Å². The van der Waals surface area contributed by atoms with Crippen LogP contribution in [0, 0.1) is 6.92 Å². The summed E-state index contributed by atoms with van der Waals surface area (Å²) in [5, 5.41) is 0. The monoisotopic (exact) mass is 261 g/mol. The first-order valence-corrected chi connectivity index (χ1v) is 6.56. The number of carbonyl (C=O) groups excluding carboxylic acids is 1. The van der Waals surface area contributed by atoms with Crippen molar-refractivity contribution in [1.82, 2.24) is 5.48 Å². The molecule has 0 aliphatic carbocycles. The molecular weight excluding hydrogens is 242 g/mol. The molecule has 102 valence electrons. The smallest absolute Gasteiger partial charge is 0.267 e. The third-order valence-electron chi connectivity index (χ3n) is 3.03. The zero-order valence-corrected chi connectivity index (χ0v) is 11.1. The van der Waals surface area contributed by atoms with Gasteiger partial charge in [0.25, 0.3) is 5.91 Å². The van der Waals surface area contributed by atoms with Crippen molar-refractivity contribution in [1.29, 1.82) is 0 Å². The molecule has 1 aromatic rings. The van der Waals surface area contributed by atoms with Gasteiger partial charge in [0.2, 0.25) is 0 Å². The Morgan fingerprint density at radius 3 is 3.00 bits per heavy atom. The third-order valence-corrected chi connectivity index (χ3v) is 3.03. The molecule has 0 bridgehead atoms. The lowest BCUT2D eigenvalue weighted by Gasteiger charge is -2.21. The van der Waals surface area contributed by atoms with Crippen LogP contribution in [-0.4, -0.2) is 18.8 Å². The average molecular weight is 261 g/mol. The number of hydrogen-bond acceptors (Lipinski definition) is 3. The molecule has 0 saturated carbocycles. The highest BCUT2D eigenvalue weighted by molar-refractivity contribution is 5.91. The molecule has 1 aliphatic heterocycles. The standard InChI is InChI=1S/C15H19NO3/c1-12-6-2-3-7-13(12)9-10-14(17)16-19-15-8-4-5-11-18-15/h2-3,6-7,9-10,15H,4-5,8,11H2,1H3,(H,16,17)/b10-9+. The summed E-state index contributed by atoms with van der Waals surface area (Å²) in [6.07, 6.45) is 5.87. The van der Waals surface area contributed by atoms with Crippen molar-refractivity contribution in [3.63, 3.8) is 0 Å². The van der Waals surface area contributed by atoms with Gasteiger partial charge in [-0.1, -0.05) is 24.3 Å². The van der Waals surface area contributed by atoms with E-state index in [0.717, 1.165) is 30.4 Å². The fourth-order valence-corrected chi connectivity index (χ4v) is 1.90. The van der Waals surface area contributed by atoms with E-state index in [4.69, 9.17) is 9.57 Å². The summed E-state index contributed by atoms with van der Waals surface area (Å²) < 4.78 is 5.35. The van der Waals surface area contributed by atoms with Crippen molar-refractivity contribution in [3.05, 3.63) is 41.5 Å². The summed E-state index contributed by atoms with van der Waals surface area (Å²) in [5.74, 6) is -0.280. The van der Waals surface area contributed by atoms with Crippen LogP contribution in [0.1, 0.15) is 30.4 Å². The van der Waals surface area contributed by atoms with Crippen molar-refractivity contribution in [3.8, 4) is 0 Å². The zero-order valence-electron chi connectivity index (χ0n) is 11.1. The molecule has 4 heteroatoms. The van der Waals surface area contributed by atoms with Gasteiger partial charge in [-0.3, -0.25) is 4.79 Å². The molecule has 1 heterocycles. The summed E-state index contributed by atoms with van der Waals surface area (Å²) in [4.78, 5) is 16.8. The molecule has 1 fully saturated rings. The first-order chi connectivity index (χ1) is 9.25. The lowest BCUT2D eigenvalue weighted by molar-refractivity contribution is -0.198. The summed E-state index contributed by atoms with van der Waals surface area (Å²) in [6.45, 7) is 2.70. The van der Waals surface area contributed by atoms with E-state index in [-0.39, 0.29) is 12.2 Å². The predicted octanol–water partition coefficient (Wildman–Crippen LogP) is 2.58. The first kappa shape index (κ1) is 13.8. The number of ether oxygens (including phenoxy) is 1. The molecule has 1 unspecified atom stereocenters. The van der Waals surface area contributed by atoms with Crippen LogP contribution < -0.4 is 5.48 Å². The maximum atomic E-state index is 11.6. The summed E-state index contributed by atoms with van der Waals surface area (Å²) in [7, 11) is 0. The largest absolute Gasteiger partial charge is 0.350 e. The van der Waals surface area contributed by atoms with Crippen LogP contribution >= 0.6 is 0 Å². The van der Waals surface area contributed by atoms with Gasteiger partial charge in [0, 0.05) is 19.1 Å². The number of aryl methyl sites for hydroxylation is 1.